The van der Waals surface area contributed by atoms with Crippen LogP contribution in [0.3, 0.4) is 0 Å². The molecule has 20 heavy (non-hydrogen) atoms. The zero-order valence-electron chi connectivity index (χ0n) is 11.9. The quantitative estimate of drug-likeness (QED) is 0.868. The summed E-state index contributed by atoms with van der Waals surface area (Å²) in [6, 6.07) is 0.499. The van der Waals surface area contributed by atoms with Crippen LogP contribution in [0.2, 0.25) is 0 Å². The van der Waals surface area contributed by atoms with Crippen LogP contribution < -0.4 is 5.32 Å². The highest BCUT2D eigenvalue weighted by atomic mass is 16.5. The maximum atomic E-state index is 11.3. The molecule has 1 aromatic rings. The first kappa shape index (κ1) is 13.6. The predicted molar refractivity (Wildman–Crippen MR) is 74.1 cm³/mol. The molecule has 0 aromatic carbocycles. The average molecular weight is 278 g/mol. The maximum Gasteiger partial charge on any atom is 0.219 e. The molecular formula is C14H22N4O2. The van der Waals surface area contributed by atoms with Crippen molar-refractivity contribution in [1.82, 2.24) is 19.8 Å². The Kier molecular flexibility index (Phi) is 4.03. The molecule has 1 N–H and O–H groups in total. The fourth-order valence-corrected chi connectivity index (χ4v) is 2.93. The summed E-state index contributed by atoms with van der Waals surface area (Å²) in [6.07, 6.45) is 6.11. The summed E-state index contributed by atoms with van der Waals surface area (Å²) in [6.45, 7) is 5.71. The average Bonchev–Trinajstić information content (AvgIpc) is 2.93. The zero-order valence-corrected chi connectivity index (χ0v) is 11.9. The van der Waals surface area contributed by atoms with Gasteiger partial charge in [0, 0.05) is 45.0 Å². The zero-order chi connectivity index (χ0) is 13.9. The second kappa shape index (κ2) is 5.93. The number of nitrogens with zero attached hydrogens (tertiary/aromatic N) is 3. The number of hydrogen-bond acceptors (Lipinski definition) is 4. The van der Waals surface area contributed by atoms with E-state index in [1.54, 1.807) is 6.92 Å². The molecule has 0 radical (unpaired) electrons. The molecule has 3 heterocycles. The Hall–Kier alpha value is -1.40. The van der Waals surface area contributed by atoms with E-state index < -0.39 is 0 Å². The molecule has 0 bridgehead atoms. The van der Waals surface area contributed by atoms with Crippen LogP contribution in [0, 0.1) is 0 Å². The van der Waals surface area contributed by atoms with Crippen LogP contribution >= 0.6 is 0 Å². The normalized spacial score (nSPS) is 23.6. The number of ether oxygens (including phenoxy) is 1. The van der Waals surface area contributed by atoms with Gasteiger partial charge in [0.2, 0.25) is 5.91 Å². The van der Waals surface area contributed by atoms with Gasteiger partial charge in [0.25, 0.3) is 0 Å². The molecular weight excluding hydrogens is 256 g/mol. The van der Waals surface area contributed by atoms with Gasteiger partial charge in [-0.15, -0.1) is 0 Å². The summed E-state index contributed by atoms with van der Waals surface area (Å²) in [5.41, 5.74) is 0. The molecule has 6 nitrogen and oxygen atoms in total. The van der Waals surface area contributed by atoms with Gasteiger partial charge < -0.3 is 19.5 Å². The Bertz CT molecular complexity index is 465. The lowest BCUT2D eigenvalue weighted by molar-refractivity contribution is -0.129. The largest absolute Gasteiger partial charge is 0.367 e. The van der Waals surface area contributed by atoms with Gasteiger partial charge in [-0.1, -0.05) is 0 Å². The Morgan fingerprint density at radius 2 is 2.30 bits per heavy atom. The van der Waals surface area contributed by atoms with Crippen molar-refractivity contribution < 1.29 is 9.53 Å². The molecule has 3 rings (SSSR count). The van der Waals surface area contributed by atoms with E-state index in [-0.39, 0.29) is 12.0 Å². The number of piperidine rings is 1. The van der Waals surface area contributed by atoms with Crippen molar-refractivity contribution in [3.8, 4) is 0 Å². The lowest BCUT2D eigenvalue weighted by Crippen LogP contribution is -2.47. The van der Waals surface area contributed by atoms with Crippen LogP contribution in [-0.4, -0.2) is 52.1 Å². The molecule has 6 heteroatoms. The summed E-state index contributed by atoms with van der Waals surface area (Å²) in [7, 11) is 0. The van der Waals surface area contributed by atoms with E-state index >= 15 is 0 Å². The van der Waals surface area contributed by atoms with Gasteiger partial charge in [-0.25, -0.2) is 4.98 Å². The number of amides is 1. The van der Waals surface area contributed by atoms with Crippen LogP contribution in [-0.2, 0) is 22.7 Å². The van der Waals surface area contributed by atoms with Crippen molar-refractivity contribution in [1.29, 1.82) is 0 Å². The SMILES string of the molecule is CC(=O)N1CCC(NC[C@H]2Cn3ccnc3CO2)CC1. The summed E-state index contributed by atoms with van der Waals surface area (Å²) in [5, 5.41) is 3.58. The van der Waals surface area contributed by atoms with Gasteiger partial charge in [0.1, 0.15) is 12.4 Å². The number of carbonyl (C=O) groups excluding carboxylic acids is 1. The first-order valence-corrected chi connectivity index (χ1v) is 7.33. The molecule has 2 aliphatic heterocycles. The molecule has 2 aliphatic rings. The van der Waals surface area contributed by atoms with Crippen molar-refractivity contribution in [3.63, 3.8) is 0 Å². The fourth-order valence-electron chi connectivity index (χ4n) is 2.93. The highest BCUT2D eigenvalue weighted by Gasteiger charge is 2.23. The Balaban J connectivity index is 1.42. The highest BCUT2D eigenvalue weighted by molar-refractivity contribution is 5.73. The number of rotatable bonds is 3. The highest BCUT2D eigenvalue weighted by Crippen LogP contribution is 2.14. The lowest BCUT2D eigenvalue weighted by atomic mass is 10.0. The minimum atomic E-state index is 0.187. The number of carbonyl (C=O) groups is 1. The molecule has 1 amide bonds. The molecule has 1 atom stereocenters. The number of hydrogen-bond donors (Lipinski definition) is 1. The Morgan fingerprint density at radius 1 is 1.50 bits per heavy atom. The van der Waals surface area contributed by atoms with Crippen LogP contribution in [0.25, 0.3) is 0 Å². The van der Waals surface area contributed by atoms with Crippen LogP contribution in [0.1, 0.15) is 25.6 Å². The van der Waals surface area contributed by atoms with Crippen LogP contribution in [0.15, 0.2) is 12.4 Å². The minimum Gasteiger partial charge on any atom is -0.367 e. The van der Waals surface area contributed by atoms with E-state index in [0.717, 1.165) is 44.8 Å². The number of imidazole rings is 1. The van der Waals surface area contributed by atoms with Gasteiger partial charge in [0.05, 0.1) is 12.6 Å². The van der Waals surface area contributed by atoms with E-state index in [4.69, 9.17) is 4.74 Å². The second-order valence-electron chi connectivity index (χ2n) is 5.62. The van der Waals surface area contributed by atoms with Crippen molar-refractivity contribution in [2.75, 3.05) is 19.6 Å². The van der Waals surface area contributed by atoms with E-state index in [1.165, 1.54) is 0 Å². The van der Waals surface area contributed by atoms with E-state index in [9.17, 15) is 4.79 Å². The molecule has 0 saturated carbocycles. The summed E-state index contributed by atoms with van der Waals surface area (Å²) >= 11 is 0. The minimum absolute atomic E-state index is 0.187. The number of aromatic nitrogens is 2. The van der Waals surface area contributed by atoms with Gasteiger partial charge in [-0.3, -0.25) is 4.79 Å². The molecule has 0 spiro atoms. The van der Waals surface area contributed by atoms with Crippen molar-refractivity contribution in [2.24, 2.45) is 0 Å². The van der Waals surface area contributed by atoms with Crippen molar-refractivity contribution >= 4 is 5.91 Å². The topological polar surface area (TPSA) is 59.4 Å². The summed E-state index contributed by atoms with van der Waals surface area (Å²) in [5.74, 6) is 1.20. The predicted octanol–water partition coefficient (Wildman–Crippen LogP) is 0.382. The van der Waals surface area contributed by atoms with Crippen LogP contribution in [0.4, 0.5) is 0 Å². The van der Waals surface area contributed by atoms with Crippen LogP contribution in [0.5, 0.6) is 0 Å². The van der Waals surface area contributed by atoms with E-state index in [0.29, 0.717) is 12.6 Å². The third-order valence-electron chi connectivity index (χ3n) is 4.22. The first-order valence-electron chi connectivity index (χ1n) is 7.33. The summed E-state index contributed by atoms with van der Waals surface area (Å²) in [4.78, 5) is 17.4. The third-order valence-corrected chi connectivity index (χ3v) is 4.22. The number of likely N-dealkylation sites (tertiary alicyclic amines) is 1. The smallest absolute Gasteiger partial charge is 0.219 e. The number of fused-ring (bicyclic) bond motifs is 1. The van der Waals surface area contributed by atoms with Crippen molar-refractivity contribution in [3.05, 3.63) is 18.2 Å². The third kappa shape index (κ3) is 3.02. The molecule has 0 unspecified atom stereocenters. The monoisotopic (exact) mass is 278 g/mol. The molecule has 1 aromatic heterocycles. The Morgan fingerprint density at radius 3 is 3.05 bits per heavy atom. The van der Waals surface area contributed by atoms with Gasteiger partial charge in [-0.2, -0.15) is 0 Å². The summed E-state index contributed by atoms with van der Waals surface area (Å²) < 4.78 is 7.96. The van der Waals surface area contributed by atoms with Gasteiger partial charge in [0.15, 0.2) is 0 Å². The van der Waals surface area contributed by atoms with E-state index in [1.807, 2.05) is 17.3 Å². The lowest BCUT2D eigenvalue weighted by Gasteiger charge is -2.33. The Labute approximate surface area is 119 Å². The van der Waals surface area contributed by atoms with Gasteiger partial charge in [-0.05, 0) is 12.8 Å². The fraction of sp³-hybridized carbons (Fsp3) is 0.714. The number of nitrogens with one attached hydrogen (secondary N) is 1. The first-order chi connectivity index (χ1) is 9.72. The maximum absolute atomic E-state index is 11.3. The molecule has 110 valence electrons. The van der Waals surface area contributed by atoms with Crippen molar-refractivity contribution in [2.45, 2.75) is 45.1 Å². The second-order valence-corrected chi connectivity index (χ2v) is 5.62. The molecule has 1 fully saturated rings. The van der Waals surface area contributed by atoms with Gasteiger partial charge >= 0.3 is 0 Å². The molecule has 0 aliphatic carbocycles. The standard InChI is InChI=1S/C14H22N4O2/c1-11(19)17-5-2-12(3-6-17)16-8-13-9-18-7-4-15-14(18)10-20-13/h4,7,12-13,16H,2-3,5-6,8-10H2,1H3/t13-/m0/s1. The molecule has 1 saturated heterocycles. The van der Waals surface area contributed by atoms with E-state index in [2.05, 4.69) is 14.9 Å².